The maximum atomic E-state index is 6.01. The number of rotatable bonds is 1. The molecule has 0 spiro atoms. The van der Waals surface area contributed by atoms with E-state index in [4.69, 9.17) is 5.73 Å². The molecule has 0 aromatic heterocycles. The van der Waals surface area contributed by atoms with Gasteiger partial charge in [-0.05, 0) is 7.05 Å². The molecular formula is C8H12N2. The first kappa shape index (κ1) is 6.13. The number of hydrogen-bond donors (Lipinski definition) is 2. The summed E-state index contributed by atoms with van der Waals surface area (Å²) in [4.78, 5) is 0. The van der Waals surface area contributed by atoms with Gasteiger partial charge in [0.25, 0.3) is 0 Å². The smallest absolute Gasteiger partial charge is 0.0584 e. The van der Waals surface area contributed by atoms with Crippen LogP contribution in [0.15, 0.2) is 24.3 Å². The zero-order chi connectivity index (χ0) is 7.19. The van der Waals surface area contributed by atoms with E-state index in [1.54, 1.807) is 0 Å². The largest absolute Gasteiger partial charge is 0.320 e. The van der Waals surface area contributed by atoms with E-state index in [9.17, 15) is 0 Å². The minimum absolute atomic E-state index is 0.0660. The molecule has 54 valence electrons. The monoisotopic (exact) mass is 136 g/mol. The first-order chi connectivity index (χ1) is 4.79. The van der Waals surface area contributed by atoms with Gasteiger partial charge in [0, 0.05) is 12.0 Å². The number of nitrogens with two attached hydrogens (primary N) is 1. The minimum atomic E-state index is -0.0660. The van der Waals surface area contributed by atoms with Crippen molar-refractivity contribution in [3.8, 4) is 0 Å². The van der Waals surface area contributed by atoms with E-state index >= 15 is 0 Å². The molecule has 3 atom stereocenters. The molecule has 0 radical (unpaired) electrons. The van der Waals surface area contributed by atoms with Crippen LogP contribution in [0.3, 0.4) is 0 Å². The van der Waals surface area contributed by atoms with Crippen molar-refractivity contribution in [2.24, 2.45) is 11.7 Å². The molecule has 3 unspecified atom stereocenters. The summed E-state index contributed by atoms with van der Waals surface area (Å²) in [5.74, 6) is 0.530. The van der Waals surface area contributed by atoms with Crippen LogP contribution in [-0.4, -0.2) is 18.6 Å². The fraction of sp³-hybridized carbons (Fsp3) is 0.500. The summed E-state index contributed by atoms with van der Waals surface area (Å²) in [6.07, 6.45) is 8.33. The standard InChI is InChI=1S/C8H12N2/c1-10-7-6-4-2-3-5-8(6,7)9/h2-7,10H,9H2,1H3. The van der Waals surface area contributed by atoms with E-state index in [-0.39, 0.29) is 5.54 Å². The number of nitrogens with one attached hydrogen (secondary N) is 1. The highest BCUT2D eigenvalue weighted by molar-refractivity contribution is 5.40. The van der Waals surface area contributed by atoms with Gasteiger partial charge in [-0.15, -0.1) is 0 Å². The lowest BCUT2D eigenvalue weighted by Gasteiger charge is -2.04. The summed E-state index contributed by atoms with van der Waals surface area (Å²) in [6, 6.07) is 0.461. The third-order valence-electron chi connectivity index (χ3n) is 2.49. The van der Waals surface area contributed by atoms with Crippen molar-refractivity contribution in [2.45, 2.75) is 11.6 Å². The van der Waals surface area contributed by atoms with Gasteiger partial charge in [-0.25, -0.2) is 0 Å². The molecule has 1 saturated carbocycles. The van der Waals surface area contributed by atoms with Gasteiger partial charge in [0.1, 0.15) is 0 Å². The zero-order valence-electron chi connectivity index (χ0n) is 6.04. The molecule has 2 nitrogen and oxygen atoms in total. The van der Waals surface area contributed by atoms with Crippen LogP contribution < -0.4 is 11.1 Å². The lowest BCUT2D eigenvalue weighted by molar-refractivity contribution is 0.707. The van der Waals surface area contributed by atoms with Gasteiger partial charge >= 0.3 is 0 Å². The number of allylic oxidation sites excluding steroid dienone is 2. The summed E-state index contributed by atoms with van der Waals surface area (Å²) in [7, 11) is 1.96. The predicted octanol–water partition coefficient (Wildman–Crippen LogP) is 0.0277. The Labute approximate surface area is 60.8 Å². The fourth-order valence-corrected chi connectivity index (χ4v) is 1.78. The highest BCUT2D eigenvalue weighted by Crippen LogP contribution is 2.45. The first-order valence-corrected chi connectivity index (χ1v) is 3.61. The second-order valence-electron chi connectivity index (χ2n) is 3.04. The molecule has 0 aromatic carbocycles. The minimum Gasteiger partial charge on any atom is -0.320 e. The SMILES string of the molecule is CNC1C2C=CC=CC21N. The van der Waals surface area contributed by atoms with Crippen LogP contribution in [0.1, 0.15) is 0 Å². The van der Waals surface area contributed by atoms with Gasteiger partial charge in [-0.1, -0.05) is 24.3 Å². The Balaban J connectivity index is 2.23. The van der Waals surface area contributed by atoms with E-state index in [0.29, 0.717) is 12.0 Å². The summed E-state index contributed by atoms with van der Waals surface area (Å²) in [6.45, 7) is 0. The van der Waals surface area contributed by atoms with E-state index in [2.05, 4.69) is 23.5 Å². The Hall–Kier alpha value is -0.600. The molecule has 2 aliphatic carbocycles. The lowest BCUT2D eigenvalue weighted by atomic mass is 10.1. The molecule has 0 bridgehead atoms. The number of hydrogen-bond acceptors (Lipinski definition) is 2. The van der Waals surface area contributed by atoms with Crippen LogP contribution in [0.4, 0.5) is 0 Å². The second-order valence-corrected chi connectivity index (χ2v) is 3.04. The molecule has 2 aliphatic rings. The van der Waals surface area contributed by atoms with E-state index in [1.165, 1.54) is 0 Å². The van der Waals surface area contributed by atoms with Crippen molar-refractivity contribution in [3.05, 3.63) is 24.3 Å². The van der Waals surface area contributed by atoms with Crippen LogP contribution in [0.2, 0.25) is 0 Å². The van der Waals surface area contributed by atoms with Gasteiger partial charge in [-0.3, -0.25) is 0 Å². The third-order valence-corrected chi connectivity index (χ3v) is 2.49. The molecule has 3 N–H and O–H groups in total. The number of fused-ring (bicyclic) bond motifs is 1. The van der Waals surface area contributed by atoms with Gasteiger partial charge < -0.3 is 11.1 Å². The average molecular weight is 136 g/mol. The summed E-state index contributed by atoms with van der Waals surface area (Å²) >= 11 is 0. The molecule has 10 heavy (non-hydrogen) atoms. The normalized spacial score (nSPS) is 49.0. The summed E-state index contributed by atoms with van der Waals surface area (Å²) in [5.41, 5.74) is 5.94. The van der Waals surface area contributed by atoms with Gasteiger partial charge in [-0.2, -0.15) is 0 Å². The molecule has 1 fully saturated rings. The fourth-order valence-electron chi connectivity index (χ4n) is 1.78. The lowest BCUT2D eigenvalue weighted by Crippen LogP contribution is -2.30. The van der Waals surface area contributed by atoms with Crippen LogP contribution in [0, 0.1) is 5.92 Å². The predicted molar refractivity (Wildman–Crippen MR) is 41.5 cm³/mol. The molecule has 2 rings (SSSR count). The Morgan fingerprint density at radius 3 is 2.80 bits per heavy atom. The maximum absolute atomic E-state index is 6.01. The molecule has 0 heterocycles. The topological polar surface area (TPSA) is 38.0 Å². The quantitative estimate of drug-likeness (QED) is 0.533. The summed E-state index contributed by atoms with van der Waals surface area (Å²) in [5, 5.41) is 3.19. The van der Waals surface area contributed by atoms with Crippen molar-refractivity contribution in [1.82, 2.24) is 5.32 Å². The van der Waals surface area contributed by atoms with Crippen LogP contribution in [0.5, 0.6) is 0 Å². The number of likely N-dealkylation sites (N-methyl/N-ethyl adjacent to an activating group) is 1. The maximum Gasteiger partial charge on any atom is 0.0584 e. The second kappa shape index (κ2) is 1.71. The van der Waals surface area contributed by atoms with Crippen LogP contribution in [0.25, 0.3) is 0 Å². The van der Waals surface area contributed by atoms with E-state index in [1.807, 2.05) is 13.1 Å². The molecule has 2 heteroatoms. The van der Waals surface area contributed by atoms with Crippen molar-refractivity contribution >= 4 is 0 Å². The van der Waals surface area contributed by atoms with E-state index < -0.39 is 0 Å². The highest BCUT2D eigenvalue weighted by Gasteiger charge is 2.58. The van der Waals surface area contributed by atoms with Crippen LogP contribution >= 0.6 is 0 Å². The molecular weight excluding hydrogens is 124 g/mol. The molecule has 0 amide bonds. The third kappa shape index (κ3) is 0.554. The van der Waals surface area contributed by atoms with Crippen molar-refractivity contribution in [3.63, 3.8) is 0 Å². The van der Waals surface area contributed by atoms with Crippen molar-refractivity contribution in [1.29, 1.82) is 0 Å². The first-order valence-electron chi connectivity index (χ1n) is 3.61. The summed E-state index contributed by atoms with van der Waals surface area (Å²) < 4.78 is 0. The Morgan fingerprint density at radius 1 is 1.50 bits per heavy atom. The Kier molecular flexibility index (Phi) is 1.05. The van der Waals surface area contributed by atoms with Crippen LogP contribution in [-0.2, 0) is 0 Å². The Morgan fingerprint density at radius 2 is 2.30 bits per heavy atom. The highest BCUT2D eigenvalue weighted by atomic mass is 15.1. The van der Waals surface area contributed by atoms with Gasteiger partial charge in [0.15, 0.2) is 0 Å². The zero-order valence-corrected chi connectivity index (χ0v) is 6.04. The molecule has 0 aliphatic heterocycles. The van der Waals surface area contributed by atoms with Crippen molar-refractivity contribution < 1.29 is 0 Å². The van der Waals surface area contributed by atoms with Gasteiger partial charge in [0.05, 0.1) is 5.54 Å². The molecule has 0 saturated heterocycles. The average Bonchev–Trinajstić information content (AvgIpc) is 2.54. The Bertz CT molecular complexity index is 207. The van der Waals surface area contributed by atoms with Gasteiger partial charge in [0.2, 0.25) is 0 Å². The molecule has 0 aromatic rings. The van der Waals surface area contributed by atoms with Crippen molar-refractivity contribution in [2.75, 3.05) is 7.05 Å². The van der Waals surface area contributed by atoms with E-state index in [0.717, 1.165) is 0 Å².